The summed E-state index contributed by atoms with van der Waals surface area (Å²) in [5.41, 5.74) is 5.42. The number of aliphatic hydroxyl groups excluding tert-OH is 1. The Morgan fingerprint density at radius 3 is 2.91 bits per heavy atom. The average Bonchev–Trinajstić information content (AvgIpc) is 1.98. The highest BCUT2D eigenvalue weighted by molar-refractivity contribution is 4.76. The van der Waals surface area contributed by atoms with Crippen molar-refractivity contribution in [3.05, 3.63) is 0 Å². The molecule has 0 aromatic rings. The largest absolute Gasteiger partial charge is 0.392 e. The first kappa shape index (κ1) is 8.97. The minimum atomic E-state index is -0.143. The first-order valence-corrected chi connectivity index (χ1v) is 4.34. The molecule has 1 aliphatic heterocycles. The predicted molar refractivity (Wildman–Crippen MR) is 45.3 cm³/mol. The van der Waals surface area contributed by atoms with Gasteiger partial charge in [0.25, 0.3) is 0 Å². The van der Waals surface area contributed by atoms with Crippen molar-refractivity contribution >= 4 is 0 Å². The standard InChI is InChI=1S/C8H18N2O/c1-7-2-4-10(5-3-9)6-8(7)11/h7-8,11H,2-6,9H2,1H3. The highest BCUT2D eigenvalue weighted by Gasteiger charge is 2.23. The molecule has 3 N–H and O–H groups in total. The van der Waals surface area contributed by atoms with E-state index in [0.717, 1.165) is 26.1 Å². The number of rotatable bonds is 2. The molecule has 66 valence electrons. The highest BCUT2D eigenvalue weighted by atomic mass is 16.3. The Bertz CT molecular complexity index is 119. The lowest BCUT2D eigenvalue weighted by atomic mass is 9.96. The maximum absolute atomic E-state index is 9.49. The Morgan fingerprint density at radius 1 is 1.64 bits per heavy atom. The lowest BCUT2D eigenvalue weighted by molar-refractivity contribution is 0.0306. The van der Waals surface area contributed by atoms with Crippen LogP contribution in [0.15, 0.2) is 0 Å². The summed E-state index contributed by atoms with van der Waals surface area (Å²) in [5.74, 6) is 0.462. The van der Waals surface area contributed by atoms with Crippen molar-refractivity contribution in [1.29, 1.82) is 0 Å². The molecule has 1 heterocycles. The van der Waals surface area contributed by atoms with Crippen LogP contribution in [0.2, 0.25) is 0 Å². The molecule has 11 heavy (non-hydrogen) atoms. The maximum Gasteiger partial charge on any atom is 0.0693 e. The van der Waals surface area contributed by atoms with Gasteiger partial charge >= 0.3 is 0 Å². The average molecular weight is 158 g/mol. The normalized spacial score (nSPS) is 34.1. The SMILES string of the molecule is CC1CCN(CCN)CC1O. The summed E-state index contributed by atoms with van der Waals surface area (Å²) in [4.78, 5) is 2.23. The number of hydrogen-bond donors (Lipinski definition) is 2. The third kappa shape index (κ3) is 2.43. The first-order chi connectivity index (χ1) is 5.24. The van der Waals surface area contributed by atoms with Gasteiger partial charge in [-0.2, -0.15) is 0 Å². The van der Waals surface area contributed by atoms with E-state index in [4.69, 9.17) is 5.73 Å². The van der Waals surface area contributed by atoms with Crippen molar-refractivity contribution in [2.24, 2.45) is 11.7 Å². The predicted octanol–water partition coefficient (Wildman–Crippen LogP) is -0.352. The van der Waals surface area contributed by atoms with Gasteiger partial charge in [-0.25, -0.2) is 0 Å². The van der Waals surface area contributed by atoms with Gasteiger partial charge in [-0.05, 0) is 18.9 Å². The molecule has 1 fully saturated rings. The fourth-order valence-electron chi connectivity index (χ4n) is 1.50. The topological polar surface area (TPSA) is 49.5 Å². The van der Waals surface area contributed by atoms with Crippen LogP contribution in [-0.2, 0) is 0 Å². The lowest BCUT2D eigenvalue weighted by Gasteiger charge is -2.33. The molecular formula is C8H18N2O. The van der Waals surface area contributed by atoms with Crippen molar-refractivity contribution in [2.45, 2.75) is 19.4 Å². The van der Waals surface area contributed by atoms with Crippen LogP contribution in [-0.4, -0.2) is 42.3 Å². The van der Waals surface area contributed by atoms with E-state index in [0.29, 0.717) is 12.5 Å². The van der Waals surface area contributed by atoms with Crippen LogP contribution >= 0.6 is 0 Å². The van der Waals surface area contributed by atoms with E-state index in [9.17, 15) is 5.11 Å². The van der Waals surface area contributed by atoms with Crippen LogP contribution in [0, 0.1) is 5.92 Å². The number of piperidine rings is 1. The number of likely N-dealkylation sites (tertiary alicyclic amines) is 1. The zero-order valence-electron chi connectivity index (χ0n) is 7.16. The molecule has 1 aliphatic rings. The van der Waals surface area contributed by atoms with E-state index in [-0.39, 0.29) is 6.10 Å². The molecule has 2 atom stereocenters. The lowest BCUT2D eigenvalue weighted by Crippen LogP contribution is -2.44. The van der Waals surface area contributed by atoms with Gasteiger partial charge in [0.15, 0.2) is 0 Å². The fraction of sp³-hybridized carbons (Fsp3) is 1.00. The van der Waals surface area contributed by atoms with Crippen LogP contribution in [0.3, 0.4) is 0 Å². The zero-order chi connectivity index (χ0) is 8.27. The summed E-state index contributed by atoms with van der Waals surface area (Å²) in [6, 6.07) is 0. The van der Waals surface area contributed by atoms with Crippen LogP contribution < -0.4 is 5.73 Å². The van der Waals surface area contributed by atoms with Crippen molar-refractivity contribution in [2.75, 3.05) is 26.2 Å². The van der Waals surface area contributed by atoms with Crippen molar-refractivity contribution in [1.82, 2.24) is 4.90 Å². The Kier molecular flexibility index (Phi) is 3.30. The minimum absolute atomic E-state index is 0.143. The second-order valence-corrected chi connectivity index (χ2v) is 3.42. The molecule has 1 saturated heterocycles. The second-order valence-electron chi connectivity index (χ2n) is 3.42. The monoisotopic (exact) mass is 158 g/mol. The number of β-amino-alcohol motifs (C(OH)–C–C–N with tert-alkyl or cyclic N) is 1. The summed E-state index contributed by atoms with van der Waals surface area (Å²) in [5, 5.41) is 9.49. The molecule has 0 amide bonds. The number of nitrogens with zero attached hydrogens (tertiary/aromatic N) is 1. The van der Waals surface area contributed by atoms with Gasteiger partial charge in [0, 0.05) is 19.6 Å². The van der Waals surface area contributed by atoms with E-state index in [1.165, 1.54) is 0 Å². The Morgan fingerprint density at radius 2 is 2.36 bits per heavy atom. The molecule has 0 aromatic heterocycles. The zero-order valence-corrected chi connectivity index (χ0v) is 7.16. The Labute approximate surface area is 68.2 Å². The molecular weight excluding hydrogens is 140 g/mol. The fourth-order valence-corrected chi connectivity index (χ4v) is 1.50. The minimum Gasteiger partial charge on any atom is -0.392 e. The highest BCUT2D eigenvalue weighted by Crippen LogP contribution is 2.15. The smallest absolute Gasteiger partial charge is 0.0693 e. The van der Waals surface area contributed by atoms with E-state index in [1.54, 1.807) is 0 Å². The van der Waals surface area contributed by atoms with Crippen LogP contribution in [0.5, 0.6) is 0 Å². The summed E-state index contributed by atoms with van der Waals surface area (Å²) >= 11 is 0. The molecule has 3 nitrogen and oxygen atoms in total. The molecule has 3 heteroatoms. The molecule has 0 spiro atoms. The molecule has 0 radical (unpaired) electrons. The molecule has 0 aliphatic carbocycles. The van der Waals surface area contributed by atoms with Gasteiger partial charge in [0.2, 0.25) is 0 Å². The van der Waals surface area contributed by atoms with E-state index < -0.39 is 0 Å². The van der Waals surface area contributed by atoms with Crippen LogP contribution in [0.1, 0.15) is 13.3 Å². The summed E-state index contributed by atoms with van der Waals surface area (Å²) in [6.07, 6.45) is 0.955. The molecule has 1 rings (SSSR count). The Balaban J connectivity index is 2.28. The van der Waals surface area contributed by atoms with Crippen molar-refractivity contribution in [3.8, 4) is 0 Å². The third-order valence-electron chi connectivity index (χ3n) is 2.45. The molecule has 2 unspecified atom stereocenters. The summed E-state index contributed by atoms with van der Waals surface area (Å²) in [7, 11) is 0. The number of nitrogens with two attached hydrogens (primary N) is 1. The van der Waals surface area contributed by atoms with Gasteiger partial charge in [-0.1, -0.05) is 6.92 Å². The molecule has 0 aromatic carbocycles. The summed E-state index contributed by atoms with van der Waals surface area (Å²) < 4.78 is 0. The van der Waals surface area contributed by atoms with Crippen LogP contribution in [0.4, 0.5) is 0 Å². The van der Waals surface area contributed by atoms with Crippen molar-refractivity contribution < 1.29 is 5.11 Å². The van der Waals surface area contributed by atoms with E-state index in [2.05, 4.69) is 11.8 Å². The van der Waals surface area contributed by atoms with Gasteiger partial charge in [0.1, 0.15) is 0 Å². The first-order valence-electron chi connectivity index (χ1n) is 4.34. The van der Waals surface area contributed by atoms with Gasteiger partial charge in [0.05, 0.1) is 6.10 Å². The number of hydrogen-bond acceptors (Lipinski definition) is 3. The molecule has 0 saturated carbocycles. The van der Waals surface area contributed by atoms with Gasteiger partial charge < -0.3 is 10.8 Å². The molecule has 0 bridgehead atoms. The van der Waals surface area contributed by atoms with E-state index in [1.807, 2.05) is 0 Å². The summed E-state index contributed by atoms with van der Waals surface area (Å²) in [6.45, 7) is 5.61. The van der Waals surface area contributed by atoms with Crippen molar-refractivity contribution in [3.63, 3.8) is 0 Å². The van der Waals surface area contributed by atoms with Gasteiger partial charge in [-0.3, -0.25) is 4.90 Å². The third-order valence-corrected chi connectivity index (χ3v) is 2.45. The van der Waals surface area contributed by atoms with Gasteiger partial charge in [-0.15, -0.1) is 0 Å². The van der Waals surface area contributed by atoms with E-state index >= 15 is 0 Å². The number of aliphatic hydroxyl groups is 1. The Hall–Kier alpha value is -0.120. The quantitative estimate of drug-likeness (QED) is 0.577. The van der Waals surface area contributed by atoms with Crippen LogP contribution in [0.25, 0.3) is 0 Å². The maximum atomic E-state index is 9.49. The second kappa shape index (κ2) is 4.04.